The molecular formula is C11H12N4. The van der Waals surface area contributed by atoms with Crippen molar-refractivity contribution < 1.29 is 0 Å². The van der Waals surface area contributed by atoms with Gasteiger partial charge in [0.25, 0.3) is 0 Å². The van der Waals surface area contributed by atoms with E-state index in [9.17, 15) is 0 Å². The van der Waals surface area contributed by atoms with E-state index in [1.54, 1.807) is 24.4 Å². The lowest BCUT2D eigenvalue weighted by molar-refractivity contribution is 0.886. The molecule has 0 aliphatic rings. The molecule has 0 saturated heterocycles. The maximum Gasteiger partial charge on any atom is 0.227 e. The number of nitriles is 1. The third-order valence-corrected chi connectivity index (χ3v) is 1.74. The summed E-state index contributed by atoms with van der Waals surface area (Å²) in [6, 6.07) is 3.55. The molecule has 0 radical (unpaired) electrons. The van der Waals surface area contributed by atoms with Crippen LogP contribution in [-0.2, 0) is 0 Å². The van der Waals surface area contributed by atoms with Gasteiger partial charge in [-0.15, -0.1) is 13.2 Å². The summed E-state index contributed by atoms with van der Waals surface area (Å²) in [4.78, 5) is 10.1. The number of hydrogen-bond acceptors (Lipinski definition) is 4. The molecule has 0 atom stereocenters. The molecule has 0 fully saturated rings. The first-order chi connectivity index (χ1) is 7.31. The van der Waals surface area contributed by atoms with Gasteiger partial charge in [0.05, 0.1) is 0 Å². The third kappa shape index (κ3) is 2.92. The second-order valence-electron chi connectivity index (χ2n) is 2.84. The molecular weight excluding hydrogens is 188 g/mol. The summed E-state index contributed by atoms with van der Waals surface area (Å²) < 4.78 is 0. The van der Waals surface area contributed by atoms with Crippen molar-refractivity contribution in [3.8, 4) is 6.07 Å². The maximum absolute atomic E-state index is 8.70. The molecule has 1 rings (SSSR count). The molecule has 0 N–H and O–H groups in total. The van der Waals surface area contributed by atoms with Gasteiger partial charge in [-0.25, -0.2) is 9.97 Å². The normalized spacial score (nSPS) is 9.00. The first kappa shape index (κ1) is 10.9. The van der Waals surface area contributed by atoms with Crippen LogP contribution in [0.25, 0.3) is 0 Å². The first-order valence-corrected chi connectivity index (χ1v) is 4.51. The van der Waals surface area contributed by atoms with Gasteiger partial charge in [-0.3, -0.25) is 0 Å². The number of rotatable bonds is 5. The zero-order chi connectivity index (χ0) is 11.1. The molecule has 4 heteroatoms. The zero-order valence-corrected chi connectivity index (χ0v) is 8.43. The van der Waals surface area contributed by atoms with E-state index in [4.69, 9.17) is 5.26 Å². The van der Waals surface area contributed by atoms with Crippen LogP contribution in [0.3, 0.4) is 0 Å². The van der Waals surface area contributed by atoms with Crippen LogP contribution in [0.15, 0.2) is 37.6 Å². The molecule has 4 nitrogen and oxygen atoms in total. The van der Waals surface area contributed by atoms with E-state index in [1.165, 1.54) is 0 Å². The van der Waals surface area contributed by atoms with Crippen LogP contribution in [0.1, 0.15) is 5.69 Å². The van der Waals surface area contributed by atoms with E-state index in [0.717, 1.165) is 0 Å². The standard InChI is InChI=1S/C11H12N4/c1-3-7-15(8-4-2)11-13-6-5-10(9-12)14-11/h3-6H,1-2,7-8H2. The summed E-state index contributed by atoms with van der Waals surface area (Å²) >= 11 is 0. The van der Waals surface area contributed by atoms with Crippen molar-refractivity contribution in [3.63, 3.8) is 0 Å². The van der Waals surface area contributed by atoms with Gasteiger partial charge in [-0.2, -0.15) is 5.26 Å². The molecule has 0 aliphatic carbocycles. The fourth-order valence-corrected chi connectivity index (χ4v) is 1.11. The number of aromatic nitrogens is 2. The lowest BCUT2D eigenvalue weighted by Crippen LogP contribution is -2.25. The Morgan fingerprint density at radius 2 is 2.07 bits per heavy atom. The molecule has 0 aromatic carbocycles. The minimum Gasteiger partial charge on any atom is -0.333 e. The van der Waals surface area contributed by atoms with Gasteiger partial charge in [0.1, 0.15) is 11.8 Å². The SMILES string of the molecule is C=CCN(CC=C)c1nccc(C#N)n1. The average molecular weight is 200 g/mol. The van der Waals surface area contributed by atoms with E-state index in [2.05, 4.69) is 23.1 Å². The number of hydrogen-bond donors (Lipinski definition) is 0. The highest BCUT2D eigenvalue weighted by molar-refractivity contribution is 5.35. The third-order valence-electron chi connectivity index (χ3n) is 1.74. The highest BCUT2D eigenvalue weighted by atomic mass is 15.2. The predicted molar refractivity (Wildman–Crippen MR) is 59.4 cm³/mol. The second kappa shape index (κ2) is 5.55. The largest absolute Gasteiger partial charge is 0.333 e. The van der Waals surface area contributed by atoms with Gasteiger partial charge in [0.15, 0.2) is 0 Å². The molecule has 15 heavy (non-hydrogen) atoms. The van der Waals surface area contributed by atoms with E-state index in [-0.39, 0.29) is 0 Å². The highest BCUT2D eigenvalue weighted by Crippen LogP contribution is 2.06. The summed E-state index contributed by atoms with van der Waals surface area (Å²) in [5.74, 6) is 0.522. The van der Waals surface area contributed by atoms with Crippen LogP contribution in [0, 0.1) is 11.3 Å². The van der Waals surface area contributed by atoms with Crippen LogP contribution in [0.2, 0.25) is 0 Å². The number of anilines is 1. The second-order valence-corrected chi connectivity index (χ2v) is 2.84. The van der Waals surface area contributed by atoms with E-state index in [1.807, 2.05) is 11.0 Å². The molecule has 0 spiro atoms. The quantitative estimate of drug-likeness (QED) is 0.676. The van der Waals surface area contributed by atoms with E-state index in [0.29, 0.717) is 24.7 Å². The summed E-state index contributed by atoms with van der Waals surface area (Å²) in [7, 11) is 0. The van der Waals surface area contributed by atoms with Crippen LogP contribution in [-0.4, -0.2) is 23.1 Å². The lowest BCUT2D eigenvalue weighted by atomic mass is 10.4. The minimum atomic E-state index is 0.359. The minimum absolute atomic E-state index is 0.359. The van der Waals surface area contributed by atoms with Gasteiger partial charge in [0, 0.05) is 19.3 Å². The van der Waals surface area contributed by atoms with Crippen molar-refractivity contribution in [2.45, 2.75) is 0 Å². The molecule has 1 aromatic heterocycles. The molecule has 0 amide bonds. The highest BCUT2D eigenvalue weighted by Gasteiger charge is 2.06. The molecule has 0 saturated carbocycles. The van der Waals surface area contributed by atoms with E-state index < -0.39 is 0 Å². The molecule has 76 valence electrons. The van der Waals surface area contributed by atoms with Crippen LogP contribution in [0.5, 0.6) is 0 Å². The van der Waals surface area contributed by atoms with Crippen molar-refractivity contribution in [2.24, 2.45) is 0 Å². The summed E-state index contributed by atoms with van der Waals surface area (Å²) in [6.45, 7) is 8.56. The van der Waals surface area contributed by atoms with Crippen molar-refractivity contribution >= 4 is 5.95 Å². The van der Waals surface area contributed by atoms with E-state index >= 15 is 0 Å². The van der Waals surface area contributed by atoms with Crippen LogP contribution >= 0.6 is 0 Å². The van der Waals surface area contributed by atoms with Crippen molar-refractivity contribution in [3.05, 3.63) is 43.3 Å². The zero-order valence-electron chi connectivity index (χ0n) is 8.43. The Morgan fingerprint density at radius 3 is 2.60 bits per heavy atom. The van der Waals surface area contributed by atoms with Crippen molar-refractivity contribution in [1.82, 2.24) is 9.97 Å². The van der Waals surface area contributed by atoms with Crippen molar-refractivity contribution in [1.29, 1.82) is 5.26 Å². The Morgan fingerprint density at radius 1 is 1.40 bits per heavy atom. The average Bonchev–Trinajstić information content (AvgIpc) is 2.29. The molecule has 0 aliphatic heterocycles. The molecule has 0 unspecified atom stereocenters. The molecule has 1 aromatic rings. The molecule has 1 heterocycles. The summed E-state index contributed by atoms with van der Waals surface area (Å²) in [6.07, 6.45) is 5.08. The van der Waals surface area contributed by atoms with Gasteiger partial charge < -0.3 is 4.90 Å². The van der Waals surface area contributed by atoms with Crippen LogP contribution < -0.4 is 4.90 Å². The lowest BCUT2D eigenvalue weighted by Gasteiger charge is -2.18. The Balaban J connectivity index is 2.94. The number of nitrogens with zero attached hydrogens (tertiary/aromatic N) is 4. The maximum atomic E-state index is 8.70. The Hall–Kier alpha value is -2.15. The van der Waals surface area contributed by atoms with Crippen molar-refractivity contribution in [2.75, 3.05) is 18.0 Å². The fourth-order valence-electron chi connectivity index (χ4n) is 1.11. The topological polar surface area (TPSA) is 52.8 Å². The summed E-state index contributed by atoms with van der Waals surface area (Å²) in [5.41, 5.74) is 0.359. The fraction of sp³-hybridized carbons (Fsp3) is 0.182. The van der Waals surface area contributed by atoms with Crippen LogP contribution in [0.4, 0.5) is 5.95 Å². The predicted octanol–water partition coefficient (Wildman–Crippen LogP) is 1.53. The summed E-state index contributed by atoms with van der Waals surface area (Å²) in [5, 5.41) is 8.70. The Kier molecular flexibility index (Phi) is 4.05. The first-order valence-electron chi connectivity index (χ1n) is 4.51. The van der Waals surface area contributed by atoms with Gasteiger partial charge in [0.2, 0.25) is 5.95 Å². The Bertz CT molecular complexity index is 382. The van der Waals surface area contributed by atoms with Gasteiger partial charge in [-0.05, 0) is 6.07 Å². The van der Waals surface area contributed by atoms with Gasteiger partial charge in [-0.1, -0.05) is 12.2 Å². The monoisotopic (exact) mass is 200 g/mol. The molecule has 0 bridgehead atoms. The van der Waals surface area contributed by atoms with Gasteiger partial charge >= 0.3 is 0 Å². The smallest absolute Gasteiger partial charge is 0.227 e. The Labute approximate surface area is 89.2 Å².